The van der Waals surface area contributed by atoms with Crippen molar-refractivity contribution in [2.24, 2.45) is 0 Å². The maximum Gasteiger partial charge on any atom is 0.137 e. The van der Waals surface area contributed by atoms with Gasteiger partial charge in [-0.15, -0.1) is 0 Å². The van der Waals surface area contributed by atoms with Crippen LogP contribution in [0, 0.1) is 0 Å². The molecule has 0 radical (unpaired) electrons. The first-order chi connectivity index (χ1) is 14.3. The summed E-state index contributed by atoms with van der Waals surface area (Å²) in [6.07, 6.45) is 9.98. The highest BCUT2D eigenvalue weighted by molar-refractivity contribution is 5.94. The number of fused-ring (bicyclic) bond motifs is 1. The van der Waals surface area contributed by atoms with Gasteiger partial charge in [-0.05, 0) is 62.5 Å². The summed E-state index contributed by atoms with van der Waals surface area (Å²) >= 11 is 0. The first kappa shape index (κ1) is 19.6. The highest BCUT2D eigenvalue weighted by Gasteiger charge is 2.09. The average molecular weight is 387 g/mol. The Balaban J connectivity index is 1.37. The molecule has 0 bridgehead atoms. The Morgan fingerprint density at radius 3 is 2.69 bits per heavy atom. The van der Waals surface area contributed by atoms with Crippen LogP contribution in [0.4, 0.5) is 5.82 Å². The average Bonchev–Trinajstić information content (AvgIpc) is 2.78. The lowest BCUT2D eigenvalue weighted by atomic mass is 10.1. The van der Waals surface area contributed by atoms with E-state index in [0.717, 1.165) is 35.2 Å². The van der Waals surface area contributed by atoms with Gasteiger partial charge in [0.15, 0.2) is 0 Å². The van der Waals surface area contributed by atoms with Crippen molar-refractivity contribution in [2.75, 3.05) is 25.0 Å². The van der Waals surface area contributed by atoms with E-state index in [-0.39, 0.29) is 0 Å². The van der Waals surface area contributed by atoms with Crippen LogP contribution in [-0.2, 0) is 13.0 Å². The van der Waals surface area contributed by atoms with Gasteiger partial charge >= 0.3 is 0 Å². The highest BCUT2D eigenvalue weighted by atomic mass is 15.1. The molecule has 0 amide bonds. The van der Waals surface area contributed by atoms with Gasteiger partial charge in [-0.25, -0.2) is 9.97 Å². The largest absolute Gasteiger partial charge is 0.365 e. The standard InChI is InChI=1S/C25H30N4/c1-2-22-12-7-13-23-24(22)27-19-28-25(23)26-18-21-10-6-9-20(17-21)11-8-16-29-14-4-3-5-15-29/h2,6-7,9-10,12-13,17,19H,1,3-5,8,11,14-16,18H2,(H,26,27,28). The zero-order valence-corrected chi connectivity index (χ0v) is 17.1. The van der Waals surface area contributed by atoms with E-state index in [1.807, 2.05) is 18.2 Å². The molecule has 1 aromatic heterocycles. The summed E-state index contributed by atoms with van der Waals surface area (Å²) < 4.78 is 0. The summed E-state index contributed by atoms with van der Waals surface area (Å²) in [6, 6.07) is 15.0. The fourth-order valence-electron chi connectivity index (χ4n) is 4.19. The molecule has 3 aromatic rings. The van der Waals surface area contributed by atoms with E-state index in [0.29, 0.717) is 0 Å². The number of piperidine rings is 1. The number of hydrogen-bond donors (Lipinski definition) is 1. The number of nitrogens with one attached hydrogen (secondary N) is 1. The van der Waals surface area contributed by atoms with Gasteiger partial charge in [0.2, 0.25) is 0 Å². The molecule has 0 unspecified atom stereocenters. The van der Waals surface area contributed by atoms with Gasteiger partial charge in [-0.1, -0.05) is 55.5 Å². The second-order valence-corrected chi connectivity index (χ2v) is 7.85. The van der Waals surface area contributed by atoms with Gasteiger partial charge in [0, 0.05) is 17.5 Å². The van der Waals surface area contributed by atoms with Gasteiger partial charge in [0.1, 0.15) is 12.1 Å². The Morgan fingerprint density at radius 2 is 1.83 bits per heavy atom. The molecule has 29 heavy (non-hydrogen) atoms. The van der Waals surface area contributed by atoms with E-state index in [9.17, 15) is 0 Å². The van der Waals surface area contributed by atoms with Crippen LogP contribution < -0.4 is 5.32 Å². The number of benzene rings is 2. The van der Waals surface area contributed by atoms with Crippen LogP contribution in [0.2, 0.25) is 0 Å². The normalized spacial score (nSPS) is 14.8. The molecule has 4 heteroatoms. The van der Waals surface area contributed by atoms with Gasteiger partial charge in [0.25, 0.3) is 0 Å². The molecule has 4 nitrogen and oxygen atoms in total. The minimum absolute atomic E-state index is 0.754. The lowest BCUT2D eigenvalue weighted by Gasteiger charge is -2.26. The lowest BCUT2D eigenvalue weighted by molar-refractivity contribution is 0.226. The maximum absolute atomic E-state index is 4.46. The molecular weight excluding hydrogens is 356 g/mol. The first-order valence-corrected chi connectivity index (χ1v) is 10.7. The van der Waals surface area contributed by atoms with Crippen LogP contribution in [0.5, 0.6) is 0 Å². The molecule has 1 aliphatic rings. The Morgan fingerprint density at radius 1 is 1.00 bits per heavy atom. The SMILES string of the molecule is C=Cc1cccc2c(NCc3cccc(CCCN4CCCCC4)c3)ncnc12. The monoisotopic (exact) mass is 386 g/mol. The molecule has 0 aliphatic carbocycles. The lowest BCUT2D eigenvalue weighted by Crippen LogP contribution is -2.30. The number of aryl methyl sites for hydroxylation is 1. The van der Waals surface area contributed by atoms with Crippen molar-refractivity contribution in [1.82, 2.24) is 14.9 Å². The second kappa shape index (κ2) is 9.66. The van der Waals surface area contributed by atoms with Crippen LogP contribution in [0.15, 0.2) is 55.4 Å². The minimum atomic E-state index is 0.754. The Hall–Kier alpha value is -2.72. The third-order valence-corrected chi connectivity index (χ3v) is 5.76. The van der Waals surface area contributed by atoms with E-state index < -0.39 is 0 Å². The quantitative estimate of drug-likeness (QED) is 0.570. The fourth-order valence-corrected chi connectivity index (χ4v) is 4.19. The van der Waals surface area contributed by atoms with E-state index in [1.54, 1.807) is 6.33 Å². The minimum Gasteiger partial charge on any atom is -0.365 e. The summed E-state index contributed by atoms with van der Waals surface area (Å²) in [5.41, 5.74) is 4.67. The maximum atomic E-state index is 4.46. The first-order valence-electron chi connectivity index (χ1n) is 10.7. The molecule has 0 saturated carbocycles. The van der Waals surface area contributed by atoms with Crippen molar-refractivity contribution in [3.63, 3.8) is 0 Å². The molecule has 4 rings (SSSR count). The summed E-state index contributed by atoms with van der Waals surface area (Å²) in [7, 11) is 0. The number of para-hydroxylation sites is 1. The predicted octanol–water partition coefficient (Wildman–Crippen LogP) is 5.30. The van der Waals surface area contributed by atoms with Crippen molar-refractivity contribution >= 4 is 22.8 Å². The van der Waals surface area contributed by atoms with Gasteiger partial charge in [-0.3, -0.25) is 0 Å². The number of aromatic nitrogens is 2. The second-order valence-electron chi connectivity index (χ2n) is 7.85. The summed E-state index contributed by atoms with van der Waals surface area (Å²) in [5, 5.41) is 4.53. The van der Waals surface area contributed by atoms with Crippen LogP contribution in [-0.4, -0.2) is 34.5 Å². The summed E-state index contributed by atoms with van der Waals surface area (Å²) in [6.45, 7) is 8.43. The Labute approximate surface area is 173 Å². The van der Waals surface area contributed by atoms with Crippen LogP contribution in [0.1, 0.15) is 42.4 Å². The Kier molecular flexibility index (Phi) is 6.52. The van der Waals surface area contributed by atoms with Crippen LogP contribution in [0.25, 0.3) is 17.0 Å². The molecule has 1 saturated heterocycles. The predicted molar refractivity (Wildman–Crippen MR) is 122 cm³/mol. The van der Waals surface area contributed by atoms with Crippen LogP contribution in [0.3, 0.4) is 0 Å². The van der Waals surface area contributed by atoms with E-state index >= 15 is 0 Å². The number of nitrogens with zero attached hydrogens (tertiary/aromatic N) is 3. The van der Waals surface area contributed by atoms with Gasteiger partial charge < -0.3 is 10.2 Å². The number of anilines is 1. The van der Waals surface area contributed by atoms with Crippen molar-refractivity contribution in [2.45, 2.75) is 38.6 Å². The molecule has 2 heterocycles. The molecule has 0 spiro atoms. The molecule has 1 N–H and O–H groups in total. The number of rotatable bonds is 8. The molecule has 1 aliphatic heterocycles. The molecule has 1 fully saturated rings. The molecule has 150 valence electrons. The fraction of sp³-hybridized carbons (Fsp3) is 0.360. The molecule has 0 atom stereocenters. The van der Waals surface area contributed by atoms with E-state index in [2.05, 4.69) is 57.1 Å². The third-order valence-electron chi connectivity index (χ3n) is 5.76. The third kappa shape index (κ3) is 5.01. The zero-order valence-electron chi connectivity index (χ0n) is 17.1. The van der Waals surface area contributed by atoms with E-state index in [4.69, 9.17) is 0 Å². The van der Waals surface area contributed by atoms with Crippen molar-refractivity contribution in [3.8, 4) is 0 Å². The number of likely N-dealkylation sites (tertiary alicyclic amines) is 1. The highest BCUT2D eigenvalue weighted by Crippen LogP contribution is 2.23. The smallest absolute Gasteiger partial charge is 0.137 e. The van der Waals surface area contributed by atoms with Gasteiger partial charge in [0.05, 0.1) is 5.52 Å². The van der Waals surface area contributed by atoms with Crippen LogP contribution >= 0.6 is 0 Å². The molecular formula is C25H30N4. The zero-order chi connectivity index (χ0) is 19.9. The van der Waals surface area contributed by atoms with Crippen molar-refractivity contribution < 1.29 is 0 Å². The Bertz CT molecular complexity index is 960. The number of hydrogen-bond acceptors (Lipinski definition) is 4. The summed E-state index contributed by atoms with van der Waals surface area (Å²) in [4.78, 5) is 11.5. The van der Waals surface area contributed by atoms with Gasteiger partial charge in [-0.2, -0.15) is 0 Å². The topological polar surface area (TPSA) is 41.0 Å². The van der Waals surface area contributed by atoms with Crippen molar-refractivity contribution in [1.29, 1.82) is 0 Å². The van der Waals surface area contributed by atoms with E-state index in [1.165, 1.54) is 56.4 Å². The molecule has 2 aromatic carbocycles. The van der Waals surface area contributed by atoms with Crippen molar-refractivity contribution in [3.05, 3.63) is 72.1 Å². The summed E-state index contributed by atoms with van der Waals surface area (Å²) in [5.74, 6) is 0.870.